The quantitative estimate of drug-likeness (QED) is 0.743. The number of thioether (sulfide) groups is 1. The van der Waals surface area contributed by atoms with Crippen LogP contribution in [0.5, 0.6) is 0 Å². The van der Waals surface area contributed by atoms with Crippen molar-refractivity contribution in [1.82, 2.24) is 0 Å². The Balaban J connectivity index is 2.56. The first kappa shape index (κ1) is 9.66. The van der Waals surface area contributed by atoms with Crippen LogP contribution < -0.4 is 5.73 Å². The van der Waals surface area contributed by atoms with Gasteiger partial charge in [0.15, 0.2) is 0 Å². The van der Waals surface area contributed by atoms with Crippen LogP contribution in [-0.2, 0) is 0 Å². The third kappa shape index (κ3) is 1.68. The minimum atomic E-state index is 0.117. The van der Waals surface area contributed by atoms with Crippen molar-refractivity contribution in [3.05, 3.63) is 27.7 Å². The Morgan fingerprint density at radius 3 is 2.92 bits per heavy atom. The molecule has 0 saturated carbocycles. The van der Waals surface area contributed by atoms with E-state index in [1.165, 1.54) is 0 Å². The third-order valence-corrected chi connectivity index (χ3v) is 4.24. The van der Waals surface area contributed by atoms with Gasteiger partial charge in [0, 0.05) is 10.9 Å². The van der Waals surface area contributed by atoms with Gasteiger partial charge >= 0.3 is 0 Å². The van der Waals surface area contributed by atoms with Gasteiger partial charge in [-0.2, -0.15) is 0 Å². The molecule has 0 fully saturated rings. The molecule has 0 bridgehead atoms. The molecular weight excluding hydrogens is 225 g/mol. The van der Waals surface area contributed by atoms with Crippen LogP contribution in [0, 0.1) is 0 Å². The minimum Gasteiger partial charge on any atom is -0.324 e. The van der Waals surface area contributed by atoms with Gasteiger partial charge < -0.3 is 5.73 Å². The second-order valence-corrected chi connectivity index (χ2v) is 4.91. The van der Waals surface area contributed by atoms with Gasteiger partial charge in [-0.25, -0.2) is 0 Å². The van der Waals surface area contributed by atoms with Gasteiger partial charge in [0.05, 0.1) is 10.0 Å². The van der Waals surface area contributed by atoms with Crippen molar-refractivity contribution < 1.29 is 0 Å². The fourth-order valence-corrected chi connectivity index (χ4v) is 3.18. The van der Waals surface area contributed by atoms with Gasteiger partial charge in [-0.05, 0) is 23.8 Å². The summed E-state index contributed by atoms with van der Waals surface area (Å²) in [7, 11) is 0. The van der Waals surface area contributed by atoms with Gasteiger partial charge in [0.2, 0.25) is 0 Å². The van der Waals surface area contributed by atoms with Crippen LogP contribution in [0.3, 0.4) is 0 Å². The maximum absolute atomic E-state index is 6.07. The second kappa shape index (κ2) is 3.70. The molecule has 70 valence electrons. The Morgan fingerprint density at radius 2 is 2.15 bits per heavy atom. The van der Waals surface area contributed by atoms with E-state index in [0.29, 0.717) is 10.0 Å². The molecule has 13 heavy (non-hydrogen) atoms. The van der Waals surface area contributed by atoms with Crippen LogP contribution in [0.15, 0.2) is 17.0 Å². The lowest BCUT2D eigenvalue weighted by Gasteiger charge is -2.22. The predicted octanol–water partition coefficient (Wildman–Crippen LogP) is 3.49. The Bertz CT molecular complexity index is 341. The molecule has 1 aromatic carbocycles. The summed E-state index contributed by atoms with van der Waals surface area (Å²) in [6, 6.07) is 3.90. The Morgan fingerprint density at radius 1 is 1.38 bits per heavy atom. The summed E-state index contributed by atoms with van der Waals surface area (Å²) in [5.41, 5.74) is 7.08. The van der Waals surface area contributed by atoms with E-state index in [9.17, 15) is 0 Å². The molecule has 1 heterocycles. The molecule has 0 saturated heterocycles. The summed E-state index contributed by atoms with van der Waals surface area (Å²) in [6.07, 6.45) is 1.01. The van der Waals surface area contributed by atoms with E-state index < -0.39 is 0 Å². The largest absolute Gasteiger partial charge is 0.324 e. The molecule has 1 aliphatic rings. The molecule has 0 radical (unpaired) electrons. The number of hydrogen-bond acceptors (Lipinski definition) is 2. The molecule has 0 aliphatic carbocycles. The summed E-state index contributed by atoms with van der Waals surface area (Å²) in [4.78, 5) is 1.06. The first-order chi connectivity index (χ1) is 6.20. The van der Waals surface area contributed by atoms with Gasteiger partial charge in [0.25, 0.3) is 0 Å². The van der Waals surface area contributed by atoms with Crippen molar-refractivity contribution >= 4 is 35.0 Å². The van der Waals surface area contributed by atoms with Crippen molar-refractivity contribution in [3.63, 3.8) is 0 Å². The van der Waals surface area contributed by atoms with Crippen LogP contribution in [0.1, 0.15) is 18.0 Å². The third-order valence-electron chi connectivity index (χ3n) is 2.16. The number of rotatable bonds is 0. The van der Waals surface area contributed by atoms with E-state index in [2.05, 4.69) is 0 Å². The predicted molar refractivity (Wildman–Crippen MR) is 58.7 cm³/mol. The van der Waals surface area contributed by atoms with Crippen LogP contribution in [-0.4, -0.2) is 5.75 Å². The Kier molecular flexibility index (Phi) is 2.75. The smallest absolute Gasteiger partial charge is 0.0731 e. The standard InChI is InChI=1S/C9H9Cl2NS/c10-6-2-1-5-7(12)3-4-13-9(5)8(6)11/h1-2,7H,3-4,12H2/t7-/m1/s1. The highest BCUT2D eigenvalue weighted by Gasteiger charge is 2.20. The van der Waals surface area contributed by atoms with E-state index >= 15 is 0 Å². The molecule has 0 unspecified atom stereocenters. The lowest BCUT2D eigenvalue weighted by Crippen LogP contribution is -2.15. The number of benzene rings is 1. The summed E-state index contributed by atoms with van der Waals surface area (Å²) in [5, 5.41) is 1.27. The van der Waals surface area contributed by atoms with Crippen LogP contribution in [0.25, 0.3) is 0 Å². The highest BCUT2D eigenvalue weighted by atomic mass is 35.5. The Hall–Kier alpha value is 0.110. The molecule has 2 rings (SSSR count). The molecule has 4 heteroatoms. The maximum Gasteiger partial charge on any atom is 0.0731 e. The van der Waals surface area contributed by atoms with Crippen LogP contribution in [0.4, 0.5) is 0 Å². The minimum absolute atomic E-state index is 0.117. The molecule has 1 aromatic rings. The number of fused-ring (bicyclic) bond motifs is 1. The number of hydrogen-bond donors (Lipinski definition) is 1. The molecular formula is C9H9Cl2NS. The Labute approximate surface area is 91.6 Å². The van der Waals surface area contributed by atoms with Crippen molar-refractivity contribution in [2.75, 3.05) is 5.75 Å². The molecule has 0 aromatic heterocycles. The topological polar surface area (TPSA) is 26.0 Å². The average Bonchev–Trinajstić information content (AvgIpc) is 2.12. The van der Waals surface area contributed by atoms with E-state index in [1.807, 2.05) is 12.1 Å². The van der Waals surface area contributed by atoms with Gasteiger partial charge in [-0.1, -0.05) is 29.3 Å². The normalized spacial score (nSPS) is 21.3. The van der Waals surface area contributed by atoms with Crippen molar-refractivity contribution in [3.8, 4) is 0 Å². The fraction of sp³-hybridized carbons (Fsp3) is 0.333. The van der Waals surface area contributed by atoms with E-state index in [0.717, 1.165) is 22.6 Å². The van der Waals surface area contributed by atoms with Crippen molar-refractivity contribution in [2.45, 2.75) is 17.4 Å². The SMILES string of the molecule is N[C@@H]1CCSc2c1ccc(Cl)c2Cl. The van der Waals surface area contributed by atoms with Crippen LogP contribution in [0.2, 0.25) is 10.0 Å². The van der Waals surface area contributed by atoms with Crippen LogP contribution >= 0.6 is 35.0 Å². The van der Waals surface area contributed by atoms with Crippen molar-refractivity contribution in [2.24, 2.45) is 5.73 Å². The highest BCUT2D eigenvalue weighted by molar-refractivity contribution is 7.99. The number of nitrogens with two attached hydrogens (primary N) is 1. The molecule has 0 spiro atoms. The van der Waals surface area contributed by atoms with E-state index in [4.69, 9.17) is 28.9 Å². The van der Waals surface area contributed by atoms with Crippen molar-refractivity contribution in [1.29, 1.82) is 0 Å². The summed E-state index contributed by atoms with van der Waals surface area (Å²) in [6.45, 7) is 0. The summed E-state index contributed by atoms with van der Waals surface area (Å²) >= 11 is 13.7. The monoisotopic (exact) mass is 233 g/mol. The van der Waals surface area contributed by atoms with E-state index in [-0.39, 0.29) is 6.04 Å². The molecule has 2 N–H and O–H groups in total. The lowest BCUT2D eigenvalue weighted by molar-refractivity contribution is 0.680. The molecule has 1 nitrogen and oxygen atoms in total. The van der Waals surface area contributed by atoms with E-state index in [1.54, 1.807) is 11.8 Å². The summed E-state index contributed by atoms with van der Waals surface area (Å²) < 4.78 is 0. The number of halogens is 2. The lowest BCUT2D eigenvalue weighted by atomic mass is 10.1. The zero-order chi connectivity index (χ0) is 9.42. The first-order valence-electron chi connectivity index (χ1n) is 4.06. The van der Waals surface area contributed by atoms with Gasteiger partial charge in [0.1, 0.15) is 0 Å². The zero-order valence-electron chi connectivity index (χ0n) is 6.89. The average molecular weight is 234 g/mol. The second-order valence-electron chi connectivity index (χ2n) is 3.02. The molecule has 0 amide bonds. The van der Waals surface area contributed by atoms with Gasteiger partial charge in [-0.15, -0.1) is 11.8 Å². The molecule has 1 aliphatic heterocycles. The maximum atomic E-state index is 6.07. The highest BCUT2D eigenvalue weighted by Crippen LogP contribution is 2.42. The van der Waals surface area contributed by atoms with Gasteiger partial charge in [-0.3, -0.25) is 0 Å². The fourth-order valence-electron chi connectivity index (χ4n) is 1.43. The molecule has 1 atom stereocenters. The summed E-state index contributed by atoms with van der Waals surface area (Å²) in [5.74, 6) is 1.02. The first-order valence-corrected chi connectivity index (χ1v) is 5.80. The zero-order valence-corrected chi connectivity index (χ0v) is 9.22.